The van der Waals surface area contributed by atoms with Crippen molar-refractivity contribution in [1.82, 2.24) is 4.98 Å². The van der Waals surface area contributed by atoms with Crippen LogP contribution in [0.2, 0.25) is 0 Å². The highest BCUT2D eigenvalue weighted by Gasteiger charge is 2.12. The zero-order valence-electron chi connectivity index (χ0n) is 14.9. The van der Waals surface area contributed by atoms with Crippen LogP contribution in [0.4, 0.5) is 5.69 Å². The van der Waals surface area contributed by atoms with Gasteiger partial charge in [-0.15, -0.1) is 0 Å². The van der Waals surface area contributed by atoms with E-state index in [-0.39, 0.29) is 5.75 Å². The SMILES string of the molecule is Oc1ccccc1N=Cc1cccc(-c2cccc3c2oc2ccccc23)n1. The van der Waals surface area contributed by atoms with Crippen LogP contribution in [0.25, 0.3) is 33.2 Å². The Labute approximate surface area is 161 Å². The van der Waals surface area contributed by atoms with Crippen molar-refractivity contribution in [2.75, 3.05) is 0 Å². The second-order valence-corrected chi connectivity index (χ2v) is 6.48. The molecule has 2 aromatic heterocycles. The van der Waals surface area contributed by atoms with Gasteiger partial charge in [0, 0.05) is 16.3 Å². The Balaban J connectivity index is 1.59. The Morgan fingerprint density at radius 2 is 1.57 bits per heavy atom. The summed E-state index contributed by atoms with van der Waals surface area (Å²) in [5.41, 5.74) is 4.65. The molecule has 0 unspecified atom stereocenters. The highest BCUT2D eigenvalue weighted by atomic mass is 16.3. The summed E-state index contributed by atoms with van der Waals surface area (Å²) in [6.45, 7) is 0. The molecular weight excluding hydrogens is 348 g/mol. The van der Waals surface area contributed by atoms with Crippen molar-refractivity contribution < 1.29 is 9.52 Å². The van der Waals surface area contributed by atoms with Gasteiger partial charge in [0.15, 0.2) is 0 Å². The Kier molecular flexibility index (Phi) is 3.87. The van der Waals surface area contributed by atoms with Crippen LogP contribution in [-0.2, 0) is 0 Å². The fourth-order valence-electron chi connectivity index (χ4n) is 3.33. The van der Waals surface area contributed by atoms with Crippen molar-refractivity contribution >= 4 is 33.8 Å². The van der Waals surface area contributed by atoms with Crippen molar-refractivity contribution in [3.8, 4) is 17.0 Å². The lowest BCUT2D eigenvalue weighted by atomic mass is 10.1. The Hall–Kier alpha value is -3.92. The summed E-state index contributed by atoms with van der Waals surface area (Å²) in [5.74, 6) is 0.141. The molecule has 0 saturated heterocycles. The number of aliphatic imine (C=N–C) groups is 1. The predicted octanol–water partition coefficient (Wildman–Crippen LogP) is 6.10. The molecule has 0 spiro atoms. The van der Waals surface area contributed by atoms with Crippen LogP contribution in [-0.4, -0.2) is 16.3 Å². The molecule has 4 nitrogen and oxygen atoms in total. The summed E-state index contributed by atoms with van der Waals surface area (Å²) >= 11 is 0. The molecule has 4 heteroatoms. The number of benzene rings is 3. The van der Waals surface area contributed by atoms with Crippen molar-refractivity contribution in [2.24, 2.45) is 4.99 Å². The Morgan fingerprint density at radius 3 is 2.50 bits per heavy atom. The van der Waals surface area contributed by atoms with Crippen LogP contribution in [0.15, 0.2) is 94.3 Å². The molecule has 0 atom stereocenters. The maximum Gasteiger partial charge on any atom is 0.144 e. The number of hydrogen-bond donors (Lipinski definition) is 1. The van der Waals surface area contributed by atoms with Gasteiger partial charge in [-0.3, -0.25) is 4.99 Å². The fraction of sp³-hybridized carbons (Fsp3) is 0. The molecule has 0 bridgehead atoms. The number of phenols is 1. The van der Waals surface area contributed by atoms with Gasteiger partial charge in [-0.1, -0.05) is 48.5 Å². The van der Waals surface area contributed by atoms with Gasteiger partial charge in [0.2, 0.25) is 0 Å². The smallest absolute Gasteiger partial charge is 0.144 e. The monoisotopic (exact) mass is 364 g/mol. The first-order chi connectivity index (χ1) is 13.8. The molecular formula is C24H16N2O2. The summed E-state index contributed by atoms with van der Waals surface area (Å²) in [6, 6.07) is 26.9. The van der Waals surface area contributed by atoms with Crippen LogP contribution < -0.4 is 0 Å². The molecule has 5 rings (SSSR count). The number of fused-ring (bicyclic) bond motifs is 3. The average molecular weight is 364 g/mol. The van der Waals surface area contributed by atoms with Crippen molar-refractivity contribution in [3.05, 3.63) is 90.6 Å². The lowest BCUT2D eigenvalue weighted by Gasteiger charge is -2.03. The van der Waals surface area contributed by atoms with Gasteiger partial charge in [-0.05, 0) is 36.4 Å². The summed E-state index contributed by atoms with van der Waals surface area (Å²) in [5, 5.41) is 12.0. The molecule has 28 heavy (non-hydrogen) atoms. The average Bonchev–Trinajstić information content (AvgIpc) is 3.12. The maximum absolute atomic E-state index is 9.86. The number of pyridine rings is 1. The van der Waals surface area contributed by atoms with Gasteiger partial charge in [0.05, 0.1) is 17.6 Å². The zero-order valence-corrected chi connectivity index (χ0v) is 14.9. The van der Waals surface area contributed by atoms with E-state index in [1.807, 2.05) is 54.6 Å². The minimum atomic E-state index is 0.141. The first kappa shape index (κ1) is 16.3. The number of aromatic nitrogens is 1. The standard InChI is InChI=1S/C24H16N2O2/c27-22-13-3-2-11-21(22)25-15-16-7-5-12-20(26-16)19-10-6-9-18-17-8-1-4-14-23(17)28-24(18)19/h1-15,27H. The van der Waals surface area contributed by atoms with Crippen molar-refractivity contribution in [1.29, 1.82) is 0 Å². The molecule has 0 fully saturated rings. The number of furan rings is 1. The third kappa shape index (κ3) is 2.81. The molecule has 0 aliphatic carbocycles. The van der Waals surface area contributed by atoms with Crippen molar-refractivity contribution in [2.45, 2.75) is 0 Å². The lowest BCUT2D eigenvalue weighted by molar-refractivity contribution is 0.477. The van der Waals surface area contributed by atoms with E-state index in [2.05, 4.69) is 17.1 Å². The third-order valence-corrected chi connectivity index (χ3v) is 4.67. The number of hydrogen-bond acceptors (Lipinski definition) is 4. The topological polar surface area (TPSA) is 58.6 Å². The van der Waals surface area contributed by atoms with E-state index in [4.69, 9.17) is 9.40 Å². The molecule has 0 aliphatic rings. The minimum absolute atomic E-state index is 0.141. The minimum Gasteiger partial charge on any atom is -0.506 e. The van der Waals surface area contributed by atoms with Crippen LogP contribution in [0.5, 0.6) is 5.75 Å². The molecule has 1 N–H and O–H groups in total. The molecule has 0 saturated carbocycles. The van der Waals surface area contributed by atoms with Crippen LogP contribution in [0.3, 0.4) is 0 Å². The second-order valence-electron chi connectivity index (χ2n) is 6.48. The van der Waals surface area contributed by atoms with Gasteiger partial charge in [-0.25, -0.2) is 4.98 Å². The van der Waals surface area contributed by atoms with Gasteiger partial charge in [0.1, 0.15) is 22.6 Å². The van der Waals surface area contributed by atoms with Crippen LogP contribution in [0.1, 0.15) is 5.69 Å². The van der Waals surface area contributed by atoms with E-state index in [1.54, 1.807) is 24.4 Å². The molecule has 3 aromatic carbocycles. The quantitative estimate of drug-likeness (QED) is 0.393. The molecule has 0 aliphatic heterocycles. The van der Waals surface area contributed by atoms with Crippen LogP contribution in [0, 0.1) is 0 Å². The number of rotatable bonds is 3. The normalized spacial score (nSPS) is 11.6. The molecule has 134 valence electrons. The highest BCUT2D eigenvalue weighted by molar-refractivity contribution is 6.09. The lowest BCUT2D eigenvalue weighted by Crippen LogP contribution is -1.90. The zero-order chi connectivity index (χ0) is 18.9. The third-order valence-electron chi connectivity index (χ3n) is 4.67. The fourth-order valence-corrected chi connectivity index (χ4v) is 3.33. The number of para-hydroxylation sites is 4. The first-order valence-corrected chi connectivity index (χ1v) is 8.99. The van der Waals surface area contributed by atoms with E-state index < -0.39 is 0 Å². The summed E-state index contributed by atoms with van der Waals surface area (Å²) in [4.78, 5) is 9.06. The Morgan fingerprint density at radius 1 is 0.786 bits per heavy atom. The predicted molar refractivity (Wildman–Crippen MR) is 112 cm³/mol. The molecule has 2 heterocycles. The van der Waals surface area contributed by atoms with E-state index in [0.29, 0.717) is 11.4 Å². The van der Waals surface area contributed by atoms with E-state index in [1.165, 1.54) is 0 Å². The first-order valence-electron chi connectivity index (χ1n) is 8.99. The van der Waals surface area contributed by atoms with Gasteiger partial charge < -0.3 is 9.52 Å². The van der Waals surface area contributed by atoms with Crippen LogP contribution >= 0.6 is 0 Å². The van der Waals surface area contributed by atoms with E-state index >= 15 is 0 Å². The summed E-state index contributed by atoms with van der Waals surface area (Å²) in [7, 11) is 0. The van der Waals surface area contributed by atoms with E-state index in [0.717, 1.165) is 33.2 Å². The summed E-state index contributed by atoms with van der Waals surface area (Å²) < 4.78 is 6.12. The molecule has 0 amide bonds. The molecule has 0 radical (unpaired) electrons. The van der Waals surface area contributed by atoms with Crippen molar-refractivity contribution in [3.63, 3.8) is 0 Å². The van der Waals surface area contributed by atoms with Gasteiger partial charge in [0.25, 0.3) is 0 Å². The Bertz CT molecular complexity index is 1340. The largest absolute Gasteiger partial charge is 0.506 e. The van der Waals surface area contributed by atoms with E-state index in [9.17, 15) is 5.11 Å². The van der Waals surface area contributed by atoms with Gasteiger partial charge in [-0.2, -0.15) is 0 Å². The second kappa shape index (κ2) is 6.67. The number of aromatic hydroxyl groups is 1. The summed E-state index contributed by atoms with van der Waals surface area (Å²) in [6.07, 6.45) is 1.65. The maximum atomic E-state index is 9.86. The number of nitrogens with zero attached hydrogens (tertiary/aromatic N) is 2. The highest BCUT2D eigenvalue weighted by Crippen LogP contribution is 2.35. The molecule has 5 aromatic rings. The van der Waals surface area contributed by atoms with Gasteiger partial charge >= 0.3 is 0 Å². The number of phenolic OH excluding ortho intramolecular Hbond substituents is 1.